The fraction of sp³-hybridized carbons (Fsp3) is 0.389. The summed E-state index contributed by atoms with van der Waals surface area (Å²) >= 11 is 0. The van der Waals surface area contributed by atoms with E-state index in [1.807, 2.05) is 49.5 Å². The number of unbranched alkanes of at least 4 members (excludes halogenated alkanes) is 1. The first-order chi connectivity index (χ1) is 9.95. The minimum Gasteiger partial charge on any atom is -0.389 e. The predicted octanol–water partition coefficient (Wildman–Crippen LogP) is 3.45. The van der Waals surface area contributed by atoms with E-state index in [1.54, 1.807) is 19.9 Å². The maximum absolute atomic E-state index is 11.4. The summed E-state index contributed by atoms with van der Waals surface area (Å²) in [6.07, 6.45) is 21.0. The molecular weight excluding hydrogens is 262 g/mol. The van der Waals surface area contributed by atoms with Gasteiger partial charge in [-0.1, -0.05) is 54.7 Å². The summed E-state index contributed by atoms with van der Waals surface area (Å²) in [4.78, 5) is 11.4. The van der Waals surface area contributed by atoms with E-state index in [-0.39, 0.29) is 12.5 Å². The summed E-state index contributed by atoms with van der Waals surface area (Å²) in [5.41, 5.74) is -0.882. The maximum Gasteiger partial charge on any atom is 0.244 e. The number of carbonyl (C=O) groups is 1. The number of allylic oxidation sites excluding steroid dienone is 9. The summed E-state index contributed by atoms with van der Waals surface area (Å²) in [6, 6.07) is 0. The van der Waals surface area contributed by atoms with Crippen LogP contribution in [0.4, 0.5) is 0 Å². The van der Waals surface area contributed by atoms with Crippen LogP contribution in [-0.4, -0.2) is 23.2 Å². The Labute approximate surface area is 128 Å². The van der Waals surface area contributed by atoms with E-state index >= 15 is 0 Å². The number of hydrogen-bond acceptors (Lipinski definition) is 2. The Kier molecular flexibility index (Phi) is 10.9. The zero-order chi connectivity index (χ0) is 16.0. The van der Waals surface area contributed by atoms with Gasteiger partial charge in [0.1, 0.15) is 0 Å². The maximum atomic E-state index is 11.4. The molecule has 116 valence electrons. The van der Waals surface area contributed by atoms with Gasteiger partial charge in [-0.05, 0) is 33.6 Å². The highest BCUT2D eigenvalue weighted by Crippen LogP contribution is 1.97. The van der Waals surface area contributed by atoms with Crippen LogP contribution in [-0.2, 0) is 4.79 Å². The van der Waals surface area contributed by atoms with Gasteiger partial charge in [-0.25, -0.2) is 0 Å². The van der Waals surface area contributed by atoms with Crippen molar-refractivity contribution in [2.45, 2.75) is 39.2 Å². The first-order valence-electron chi connectivity index (χ1n) is 7.23. The third-order valence-corrected chi connectivity index (χ3v) is 2.35. The van der Waals surface area contributed by atoms with Gasteiger partial charge in [0.25, 0.3) is 0 Å². The molecule has 0 aromatic carbocycles. The molecule has 1 amide bonds. The van der Waals surface area contributed by atoms with Crippen LogP contribution in [0.25, 0.3) is 0 Å². The summed E-state index contributed by atoms with van der Waals surface area (Å²) in [5, 5.41) is 12.1. The first-order valence-corrected chi connectivity index (χ1v) is 7.23. The van der Waals surface area contributed by atoms with Gasteiger partial charge in [0, 0.05) is 12.6 Å². The van der Waals surface area contributed by atoms with E-state index in [1.165, 1.54) is 6.08 Å². The molecule has 0 rings (SSSR count). The smallest absolute Gasteiger partial charge is 0.244 e. The molecule has 0 aromatic rings. The zero-order valence-electron chi connectivity index (χ0n) is 13.3. The number of nitrogens with one attached hydrogen (secondary N) is 1. The van der Waals surface area contributed by atoms with Crippen LogP contribution in [0.15, 0.2) is 60.8 Å². The Morgan fingerprint density at radius 3 is 2.14 bits per heavy atom. The SMILES string of the molecule is C\C=C/C=C/C=C/CC/C=C/C=C/C(=O)NCC(C)(C)O. The molecule has 2 N–H and O–H groups in total. The first kappa shape index (κ1) is 19.1. The molecule has 0 aliphatic heterocycles. The molecule has 0 bridgehead atoms. The summed E-state index contributed by atoms with van der Waals surface area (Å²) in [5.74, 6) is -0.198. The molecule has 0 unspecified atom stereocenters. The zero-order valence-corrected chi connectivity index (χ0v) is 13.3. The third kappa shape index (κ3) is 16.1. The molecular formula is C18H27NO2. The minimum absolute atomic E-state index is 0.198. The summed E-state index contributed by atoms with van der Waals surface area (Å²) in [6.45, 7) is 5.53. The second-order valence-corrected chi connectivity index (χ2v) is 5.23. The van der Waals surface area contributed by atoms with Gasteiger partial charge in [0.05, 0.1) is 5.60 Å². The van der Waals surface area contributed by atoms with Crippen molar-refractivity contribution in [2.24, 2.45) is 0 Å². The van der Waals surface area contributed by atoms with E-state index in [2.05, 4.69) is 11.4 Å². The Bertz CT molecular complexity index is 421. The lowest BCUT2D eigenvalue weighted by Crippen LogP contribution is -2.37. The summed E-state index contributed by atoms with van der Waals surface area (Å²) < 4.78 is 0. The van der Waals surface area contributed by atoms with Gasteiger partial charge >= 0.3 is 0 Å². The Morgan fingerprint density at radius 2 is 1.57 bits per heavy atom. The third-order valence-electron chi connectivity index (χ3n) is 2.35. The number of amides is 1. The molecule has 21 heavy (non-hydrogen) atoms. The van der Waals surface area contributed by atoms with Crippen molar-refractivity contribution in [3.8, 4) is 0 Å². The van der Waals surface area contributed by atoms with E-state index in [9.17, 15) is 9.90 Å². The normalized spacial score (nSPS) is 13.5. The van der Waals surface area contributed by atoms with Crippen molar-refractivity contribution in [1.82, 2.24) is 5.32 Å². The van der Waals surface area contributed by atoms with Crippen LogP contribution in [0.2, 0.25) is 0 Å². The highest BCUT2D eigenvalue weighted by atomic mass is 16.3. The molecule has 3 heteroatoms. The lowest BCUT2D eigenvalue weighted by molar-refractivity contribution is -0.117. The average molecular weight is 289 g/mol. The van der Waals surface area contributed by atoms with Crippen molar-refractivity contribution in [3.63, 3.8) is 0 Å². The van der Waals surface area contributed by atoms with Gasteiger partial charge in [0.15, 0.2) is 0 Å². The number of carbonyl (C=O) groups excluding carboxylic acids is 1. The number of aliphatic hydroxyl groups is 1. The Hall–Kier alpha value is -1.87. The van der Waals surface area contributed by atoms with Crippen LogP contribution in [0, 0.1) is 0 Å². The molecule has 0 atom stereocenters. The van der Waals surface area contributed by atoms with Gasteiger partial charge in [-0.3, -0.25) is 4.79 Å². The molecule has 0 radical (unpaired) electrons. The van der Waals surface area contributed by atoms with E-state index in [4.69, 9.17) is 0 Å². The molecule has 0 aliphatic rings. The molecule has 0 aliphatic carbocycles. The molecule has 0 spiro atoms. The van der Waals surface area contributed by atoms with E-state index < -0.39 is 5.60 Å². The van der Waals surface area contributed by atoms with Gasteiger partial charge in [-0.2, -0.15) is 0 Å². The second kappa shape index (κ2) is 11.9. The molecule has 3 nitrogen and oxygen atoms in total. The average Bonchev–Trinajstić information content (AvgIpc) is 2.42. The Balaban J connectivity index is 3.76. The van der Waals surface area contributed by atoms with Crippen LogP contribution < -0.4 is 5.32 Å². The highest BCUT2D eigenvalue weighted by Gasteiger charge is 2.12. The molecule has 0 saturated carbocycles. The second-order valence-electron chi connectivity index (χ2n) is 5.23. The highest BCUT2D eigenvalue weighted by molar-refractivity contribution is 5.87. The number of hydrogen-bond donors (Lipinski definition) is 2. The monoisotopic (exact) mass is 289 g/mol. The lowest BCUT2D eigenvalue weighted by atomic mass is 10.1. The minimum atomic E-state index is -0.882. The van der Waals surface area contributed by atoms with Crippen molar-refractivity contribution in [3.05, 3.63) is 60.8 Å². The van der Waals surface area contributed by atoms with Crippen molar-refractivity contribution >= 4 is 5.91 Å². The fourth-order valence-electron chi connectivity index (χ4n) is 1.29. The van der Waals surface area contributed by atoms with E-state index in [0.717, 1.165) is 12.8 Å². The predicted molar refractivity (Wildman–Crippen MR) is 89.9 cm³/mol. The summed E-state index contributed by atoms with van der Waals surface area (Å²) in [7, 11) is 0. The molecule has 0 aromatic heterocycles. The van der Waals surface area contributed by atoms with Gasteiger partial charge in [0.2, 0.25) is 5.91 Å². The molecule has 0 fully saturated rings. The topological polar surface area (TPSA) is 49.3 Å². The van der Waals surface area contributed by atoms with Crippen LogP contribution in [0.5, 0.6) is 0 Å². The molecule has 0 heterocycles. The van der Waals surface area contributed by atoms with Crippen molar-refractivity contribution in [2.75, 3.05) is 6.54 Å². The van der Waals surface area contributed by atoms with Gasteiger partial charge in [-0.15, -0.1) is 0 Å². The van der Waals surface area contributed by atoms with Gasteiger partial charge < -0.3 is 10.4 Å². The van der Waals surface area contributed by atoms with Crippen molar-refractivity contribution in [1.29, 1.82) is 0 Å². The lowest BCUT2D eigenvalue weighted by Gasteiger charge is -2.16. The van der Waals surface area contributed by atoms with Crippen molar-refractivity contribution < 1.29 is 9.90 Å². The molecule has 0 saturated heterocycles. The van der Waals surface area contributed by atoms with Crippen LogP contribution in [0.1, 0.15) is 33.6 Å². The van der Waals surface area contributed by atoms with E-state index in [0.29, 0.717) is 0 Å². The Morgan fingerprint density at radius 1 is 1.00 bits per heavy atom. The fourth-order valence-corrected chi connectivity index (χ4v) is 1.29. The number of rotatable bonds is 9. The van der Waals surface area contributed by atoms with Crippen LogP contribution >= 0.6 is 0 Å². The standard InChI is InChI=1S/C18H27NO2/c1-4-5-6-7-8-9-10-11-12-13-14-15-17(20)19-16-18(2,3)21/h4-9,12-15,21H,10-11,16H2,1-3H3,(H,19,20)/b5-4-,7-6+,9-8+,13-12+,15-14+. The van der Waals surface area contributed by atoms with Crippen LogP contribution in [0.3, 0.4) is 0 Å². The quantitative estimate of drug-likeness (QED) is 0.388. The largest absolute Gasteiger partial charge is 0.389 e.